The van der Waals surface area contributed by atoms with E-state index in [2.05, 4.69) is 4.90 Å². The van der Waals surface area contributed by atoms with Crippen molar-refractivity contribution in [3.63, 3.8) is 0 Å². The molecule has 0 bridgehead atoms. The van der Waals surface area contributed by atoms with Crippen LogP contribution in [0.2, 0.25) is 0 Å². The second-order valence-electron chi connectivity index (χ2n) is 5.03. The molecule has 4 heteroatoms. The number of ether oxygens (including phenoxy) is 1. The Hall–Kier alpha value is -0.610. The summed E-state index contributed by atoms with van der Waals surface area (Å²) in [5.74, 6) is 0.103. The Balaban J connectivity index is 1.90. The third-order valence-corrected chi connectivity index (χ3v) is 3.40. The van der Waals surface area contributed by atoms with Crippen molar-refractivity contribution in [2.24, 2.45) is 11.3 Å². The summed E-state index contributed by atoms with van der Waals surface area (Å²) in [4.78, 5) is 13.4. The molecule has 2 aliphatic rings. The number of hydrogen-bond acceptors (Lipinski definition) is 3. The van der Waals surface area contributed by atoms with Crippen LogP contribution in [0, 0.1) is 11.3 Å². The maximum Gasteiger partial charge on any atom is 0.313 e. The highest BCUT2D eigenvalue weighted by molar-refractivity contribution is 5.75. The third-order valence-electron chi connectivity index (χ3n) is 3.40. The fraction of sp³-hybridized carbons (Fsp3) is 0.909. The van der Waals surface area contributed by atoms with Crippen LogP contribution >= 0.6 is 0 Å². The minimum Gasteiger partial charge on any atom is -0.481 e. The first-order valence-electron chi connectivity index (χ1n) is 5.62. The SMILES string of the molecule is CN(CC1CC1)CC1(C(=O)O)CCOC1. The number of hydrogen-bond donors (Lipinski definition) is 1. The van der Waals surface area contributed by atoms with Crippen molar-refractivity contribution in [2.75, 3.05) is 33.4 Å². The van der Waals surface area contributed by atoms with Gasteiger partial charge >= 0.3 is 5.97 Å². The normalized spacial score (nSPS) is 31.1. The van der Waals surface area contributed by atoms with Gasteiger partial charge in [-0.05, 0) is 32.2 Å². The van der Waals surface area contributed by atoms with Crippen molar-refractivity contribution in [3.8, 4) is 0 Å². The summed E-state index contributed by atoms with van der Waals surface area (Å²) in [5, 5.41) is 9.26. The predicted octanol–water partition coefficient (Wildman–Crippen LogP) is 0.819. The van der Waals surface area contributed by atoms with Gasteiger partial charge in [0.05, 0.1) is 6.61 Å². The molecule has 0 aromatic heterocycles. The van der Waals surface area contributed by atoms with Crippen LogP contribution in [0.5, 0.6) is 0 Å². The Bertz CT molecular complexity index is 244. The molecule has 0 radical (unpaired) electrons. The zero-order valence-electron chi connectivity index (χ0n) is 9.24. The van der Waals surface area contributed by atoms with Crippen molar-refractivity contribution >= 4 is 5.97 Å². The largest absolute Gasteiger partial charge is 0.481 e. The zero-order valence-corrected chi connectivity index (χ0v) is 9.24. The molecule has 2 fully saturated rings. The average molecular weight is 213 g/mol. The summed E-state index contributed by atoms with van der Waals surface area (Å²) in [7, 11) is 2.02. The molecule has 1 N–H and O–H groups in total. The topological polar surface area (TPSA) is 49.8 Å². The molecular weight excluding hydrogens is 194 g/mol. The van der Waals surface area contributed by atoms with Crippen LogP contribution in [0.4, 0.5) is 0 Å². The average Bonchev–Trinajstić information content (AvgIpc) is 2.82. The van der Waals surface area contributed by atoms with E-state index < -0.39 is 11.4 Å². The van der Waals surface area contributed by atoms with E-state index in [0.29, 0.717) is 26.2 Å². The third kappa shape index (κ3) is 2.49. The van der Waals surface area contributed by atoms with Gasteiger partial charge in [-0.15, -0.1) is 0 Å². The van der Waals surface area contributed by atoms with E-state index in [1.807, 2.05) is 7.05 Å². The fourth-order valence-corrected chi connectivity index (χ4v) is 2.29. The molecule has 4 nitrogen and oxygen atoms in total. The molecule has 1 saturated carbocycles. The maximum atomic E-state index is 11.3. The molecule has 2 rings (SSSR count). The van der Waals surface area contributed by atoms with Crippen molar-refractivity contribution < 1.29 is 14.6 Å². The molecule has 1 aliphatic carbocycles. The van der Waals surface area contributed by atoms with Gasteiger partial charge in [-0.1, -0.05) is 0 Å². The summed E-state index contributed by atoms with van der Waals surface area (Å²) < 4.78 is 5.24. The molecule has 15 heavy (non-hydrogen) atoms. The van der Waals surface area contributed by atoms with Crippen LogP contribution in [0.1, 0.15) is 19.3 Å². The Kier molecular flexibility index (Phi) is 2.98. The molecule has 0 aromatic rings. The van der Waals surface area contributed by atoms with Crippen LogP contribution in [-0.2, 0) is 9.53 Å². The number of carboxylic acid groups (broad SMARTS) is 1. The Morgan fingerprint density at radius 2 is 2.33 bits per heavy atom. The Morgan fingerprint density at radius 1 is 1.60 bits per heavy atom. The highest BCUT2D eigenvalue weighted by atomic mass is 16.5. The lowest BCUT2D eigenvalue weighted by molar-refractivity contribution is -0.150. The Morgan fingerprint density at radius 3 is 2.80 bits per heavy atom. The number of carboxylic acids is 1. The lowest BCUT2D eigenvalue weighted by Crippen LogP contribution is -2.43. The van der Waals surface area contributed by atoms with Crippen molar-refractivity contribution in [1.29, 1.82) is 0 Å². The van der Waals surface area contributed by atoms with Crippen LogP contribution in [0.15, 0.2) is 0 Å². The lowest BCUT2D eigenvalue weighted by Gasteiger charge is -2.28. The van der Waals surface area contributed by atoms with Crippen molar-refractivity contribution in [2.45, 2.75) is 19.3 Å². The molecule has 86 valence electrons. The van der Waals surface area contributed by atoms with Gasteiger partial charge < -0.3 is 14.7 Å². The Labute approximate surface area is 90.2 Å². The molecule has 1 aliphatic heterocycles. The molecular formula is C11H19NO3. The molecule has 1 saturated heterocycles. The first-order chi connectivity index (χ1) is 7.12. The molecule has 0 aromatic carbocycles. The van der Waals surface area contributed by atoms with Gasteiger partial charge in [-0.3, -0.25) is 4.79 Å². The number of nitrogens with zero attached hydrogens (tertiary/aromatic N) is 1. The van der Waals surface area contributed by atoms with Gasteiger partial charge in [0.15, 0.2) is 0 Å². The molecule has 1 heterocycles. The summed E-state index contributed by atoms with van der Waals surface area (Å²) in [5.41, 5.74) is -0.649. The van der Waals surface area contributed by atoms with Gasteiger partial charge in [-0.2, -0.15) is 0 Å². The second-order valence-corrected chi connectivity index (χ2v) is 5.03. The highest BCUT2D eigenvalue weighted by Crippen LogP contribution is 2.33. The van der Waals surface area contributed by atoms with Gasteiger partial charge in [0.1, 0.15) is 5.41 Å². The van der Waals surface area contributed by atoms with Gasteiger partial charge in [0, 0.05) is 19.7 Å². The zero-order chi connectivity index (χ0) is 10.9. The van der Waals surface area contributed by atoms with E-state index in [4.69, 9.17) is 4.74 Å². The summed E-state index contributed by atoms with van der Waals surface area (Å²) in [6, 6.07) is 0. The van der Waals surface area contributed by atoms with Gasteiger partial charge in [-0.25, -0.2) is 0 Å². The highest BCUT2D eigenvalue weighted by Gasteiger charge is 2.43. The van der Waals surface area contributed by atoms with Crippen LogP contribution in [0.25, 0.3) is 0 Å². The first kappa shape index (κ1) is 10.9. The van der Waals surface area contributed by atoms with E-state index in [0.717, 1.165) is 12.5 Å². The van der Waals surface area contributed by atoms with E-state index in [1.165, 1.54) is 12.8 Å². The van der Waals surface area contributed by atoms with Gasteiger partial charge in [0.25, 0.3) is 0 Å². The van der Waals surface area contributed by atoms with E-state index in [-0.39, 0.29) is 0 Å². The van der Waals surface area contributed by atoms with E-state index in [9.17, 15) is 9.90 Å². The maximum absolute atomic E-state index is 11.3. The van der Waals surface area contributed by atoms with Crippen LogP contribution in [0.3, 0.4) is 0 Å². The summed E-state index contributed by atoms with van der Waals surface area (Å²) in [6.45, 7) is 2.62. The number of aliphatic carboxylic acids is 1. The van der Waals surface area contributed by atoms with E-state index >= 15 is 0 Å². The van der Waals surface area contributed by atoms with Crippen LogP contribution in [-0.4, -0.2) is 49.3 Å². The van der Waals surface area contributed by atoms with Crippen LogP contribution < -0.4 is 0 Å². The quantitative estimate of drug-likeness (QED) is 0.734. The summed E-state index contributed by atoms with van der Waals surface area (Å²) >= 11 is 0. The first-order valence-corrected chi connectivity index (χ1v) is 5.62. The van der Waals surface area contributed by atoms with Crippen molar-refractivity contribution in [1.82, 2.24) is 4.90 Å². The smallest absolute Gasteiger partial charge is 0.313 e. The molecule has 0 amide bonds. The van der Waals surface area contributed by atoms with Crippen molar-refractivity contribution in [3.05, 3.63) is 0 Å². The number of rotatable bonds is 5. The standard InChI is InChI=1S/C11H19NO3/c1-12(6-9-2-3-9)7-11(10(13)14)4-5-15-8-11/h9H,2-8H2,1H3,(H,13,14). The van der Waals surface area contributed by atoms with E-state index in [1.54, 1.807) is 0 Å². The fourth-order valence-electron chi connectivity index (χ4n) is 2.29. The minimum atomic E-state index is -0.706. The minimum absolute atomic E-state index is 0.372. The molecule has 1 unspecified atom stereocenters. The number of carbonyl (C=O) groups is 1. The van der Waals surface area contributed by atoms with Gasteiger partial charge in [0.2, 0.25) is 0 Å². The predicted molar refractivity (Wildman–Crippen MR) is 55.7 cm³/mol. The lowest BCUT2D eigenvalue weighted by atomic mass is 9.87. The molecule has 1 atom stereocenters. The monoisotopic (exact) mass is 213 g/mol. The second kappa shape index (κ2) is 4.10. The molecule has 0 spiro atoms. The summed E-state index contributed by atoms with van der Waals surface area (Å²) in [6.07, 6.45) is 3.26.